The Morgan fingerprint density at radius 3 is 2.53 bits per heavy atom. The third-order valence-corrected chi connectivity index (χ3v) is 8.77. The lowest BCUT2D eigenvalue weighted by Crippen LogP contribution is -2.52. The minimum Gasteiger partial charge on any atom is -0.508 e. The second-order valence-corrected chi connectivity index (χ2v) is 11.6. The summed E-state index contributed by atoms with van der Waals surface area (Å²) in [6.07, 6.45) is 1.64. The molecule has 4 N–H and O–H groups in total. The second kappa shape index (κ2) is 8.49. The molecule has 2 aromatic rings. The molecule has 0 radical (unpaired) electrons. The van der Waals surface area contributed by atoms with Crippen LogP contribution in [0.1, 0.15) is 77.2 Å². The minimum atomic E-state index is -1.16. The monoisotopic (exact) mass is 526 g/mol. The van der Waals surface area contributed by atoms with E-state index in [-0.39, 0.29) is 52.7 Å². The molecular weight excluding hydrogens is 492 g/mol. The standard InChI is InChI=1S/C29H34O9/c1-13-12-35-28(7-17-6-22(32)15(3)24(33)21(17)11-30)9-19(13)23-20-10-29(8-18(31)5-14(2)36-29)38-27(20)25(34)16(4)26(23)37-28/h6,11,13-14,18-19,31-34H,5,7-10,12H2,1-4H3/t13-,14+,18+,19-,28+,29-/m1/s1. The van der Waals surface area contributed by atoms with Gasteiger partial charge in [-0.3, -0.25) is 4.79 Å². The summed E-state index contributed by atoms with van der Waals surface area (Å²) in [5, 5.41) is 42.6. The van der Waals surface area contributed by atoms with Gasteiger partial charge < -0.3 is 39.4 Å². The van der Waals surface area contributed by atoms with Crippen molar-refractivity contribution in [1.82, 2.24) is 0 Å². The number of aliphatic hydroxyl groups is 1. The van der Waals surface area contributed by atoms with Crippen LogP contribution in [0.4, 0.5) is 0 Å². The van der Waals surface area contributed by atoms with Crippen LogP contribution >= 0.6 is 0 Å². The molecule has 0 unspecified atom stereocenters. The first kappa shape index (κ1) is 25.3. The maximum Gasteiger partial charge on any atom is 0.217 e. The molecule has 2 bridgehead atoms. The molecular formula is C29H34O9. The number of hydrogen-bond donors (Lipinski definition) is 4. The van der Waals surface area contributed by atoms with Crippen molar-refractivity contribution in [3.8, 4) is 28.7 Å². The molecule has 6 rings (SSSR count). The van der Waals surface area contributed by atoms with Gasteiger partial charge in [0.25, 0.3) is 0 Å². The first-order valence-electron chi connectivity index (χ1n) is 13.2. The van der Waals surface area contributed by atoms with Crippen LogP contribution in [0.5, 0.6) is 28.7 Å². The van der Waals surface area contributed by atoms with E-state index in [2.05, 4.69) is 6.92 Å². The van der Waals surface area contributed by atoms with Crippen molar-refractivity contribution in [1.29, 1.82) is 0 Å². The Morgan fingerprint density at radius 1 is 1.05 bits per heavy atom. The molecule has 9 nitrogen and oxygen atoms in total. The smallest absolute Gasteiger partial charge is 0.217 e. The molecule has 4 aliphatic heterocycles. The van der Waals surface area contributed by atoms with Gasteiger partial charge in [-0.2, -0.15) is 0 Å². The number of ether oxygens (including phenoxy) is 4. The van der Waals surface area contributed by atoms with Crippen LogP contribution in [0.3, 0.4) is 0 Å². The van der Waals surface area contributed by atoms with Gasteiger partial charge in [0.1, 0.15) is 17.2 Å². The molecule has 38 heavy (non-hydrogen) atoms. The zero-order valence-electron chi connectivity index (χ0n) is 22.0. The van der Waals surface area contributed by atoms with Gasteiger partial charge in [0.2, 0.25) is 11.6 Å². The number of phenolic OH excluding ortho intramolecular Hbond substituents is 3. The molecule has 0 saturated carbocycles. The number of hydrogen-bond acceptors (Lipinski definition) is 9. The number of aliphatic hydroxyl groups excluding tert-OH is 1. The highest BCUT2D eigenvalue weighted by Gasteiger charge is 2.54. The normalized spacial score (nSPS) is 33.3. The lowest BCUT2D eigenvalue weighted by molar-refractivity contribution is -0.242. The van der Waals surface area contributed by atoms with Crippen molar-refractivity contribution >= 4 is 6.29 Å². The van der Waals surface area contributed by atoms with Crippen LogP contribution in [0, 0.1) is 19.8 Å². The van der Waals surface area contributed by atoms with Crippen LogP contribution in [0.25, 0.3) is 0 Å². The predicted octanol–water partition coefficient (Wildman–Crippen LogP) is 3.90. The van der Waals surface area contributed by atoms with Gasteiger partial charge in [-0.1, -0.05) is 6.92 Å². The summed E-state index contributed by atoms with van der Waals surface area (Å²) < 4.78 is 25.4. The lowest BCUT2D eigenvalue weighted by atomic mass is 9.73. The number of aromatic hydroxyl groups is 3. The fourth-order valence-corrected chi connectivity index (χ4v) is 6.84. The molecule has 0 aromatic heterocycles. The Morgan fingerprint density at radius 2 is 1.82 bits per heavy atom. The topological polar surface area (TPSA) is 135 Å². The summed E-state index contributed by atoms with van der Waals surface area (Å²) in [6.45, 7) is 7.72. The Bertz CT molecular complexity index is 1320. The zero-order valence-corrected chi connectivity index (χ0v) is 22.0. The lowest BCUT2D eigenvalue weighted by Gasteiger charge is -2.49. The van der Waals surface area contributed by atoms with Crippen molar-refractivity contribution in [2.75, 3.05) is 6.61 Å². The number of aldehydes is 1. The van der Waals surface area contributed by atoms with E-state index in [9.17, 15) is 25.2 Å². The number of benzene rings is 2. The van der Waals surface area contributed by atoms with E-state index in [1.165, 1.54) is 6.07 Å². The summed E-state index contributed by atoms with van der Waals surface area (Å²) in [6, 6.07) is 1.47. The number of phenols is 3. The second-order valence-electron chi connectivity index (χ2n) is 11.6. The van der Waals surface area contributed by atoms with Crippen LogP contribution in [0.2, 0.25) is 0 Å². The van der Waals surface area contributed by atoms with Crippen LogP contribution in [0.15, 0.2) is 6.07 Å². The molecule has 4 heterocycles. The van der Waals surface area contributed by atoms with E-state index < -0.39 is 17.7 Å². The molecule has 4 aliphatic rings. The van der Waals surface area contributed by atoms with E-state index in [1.807, 2.05) is 6.92 Å². The number of carbonyl (C=O) groups is 1. The molecule has 9 heteroatoms. The maximum absolute atomic E-state index is 11.9. The molecule has 6 atom stereocenters. The van der Waals surface area contributed by atoms with E-state index in [4.69, 9.17) is 18.9 Å². The van der Waals surface area contributed by atoms with Crippen molar-refractivity contribution < 1.29 is 44.2 Å². The molecule has 2 saturated heterocycles. The Hall–Kier alpha value is -3.01. The molecule has 0 amide bonds. The van der Waals surface area contributed by atoms with Gasteiger partial charge in [-0.05, 0) is 50.7 Å². The molecule has 2 fully saturated rings. The van der Waals surface area contributed by atoms with Gasteiger partial charge in [0, 0.05) is 47.9 Å². The maximum atomic E-state index is 11.9. The average Bonchev–Trinajstić information content (AvgIpc) is 3.20. The summed E-state index contributed by atoms with van der Waals surface area (Å²) in [5.74, 6) is -1.60. The molecule has 204 valence electrons. The minimum absolute atomic E-state index is 0.00226. The summed E-state index contributed by atoms with van der Waals surface area (Å²) >= 11 is 0. The van der Waals surface area contributed by atoms with Gasteiger partial charge in [-0.25, -0.2) is 0 Å². The average molecular weight is 527 g/mol. The van der Waals surface area contributed by atoms with Gasteiger partial charge in [0.05, 0.1) is 24.4 Å². The summed E-state index contributed by atoms with van der Waals surface area (Å²) in [5.41, 5.74) is 3.04. The highest BCUT2D eigenvalue weighted by atomic mass is 16.7. The van der Waals surface area contributed by atoms with Crippen LogP contribution < -0.4 is 9.47 Å². The van der Waals surface area contributed by atoms with Crippen molar-refractivity contribution in [2.45, 2.75) is 89.5 Å². The number of fused-ring (bicyclic) bond motifs is 6. The summed E-state index contributed by atoms with van der Waals surface area (Å²) in [7, 11) is 0. The van der Waals surface area contributed by atoms with Gasteiger partial charge in [0.15, 0.2) is 17.8 Å². The molecule has 2 aromatic carbocycles. The first-order chi connectivity index (χ1) is 18.0. The van der Waals surface area contributed by atoms with Gasteiger partial charge >= 0.3 is 0 Å². The highest BCUT2D eigenvalue weighted by Crippen LogP contribution is 2.60. The van der Waals surface area contributed by atoms with E-state index in [0.717, 1.165) is 11.1 Å². The summed E-state index contributed by atoms with van der Waals surface area (Å²) in [4.78, 5) is 11.9. The molecule has 1 spiro atoms. The van der Waals surface area contributed by atoms with Crippen molar-refractivity contribution in [2.24, 2.45) is 5.92 Å². The highest BCUT2D eigenvalue weighted by molar-refractivity contribution is 5.83. The van der Waals surface area contributed by atoms with Crippen molar-refractivity contribution in [3.05, 3.63) is 39.4 Å². The Kier molecular flexibility index (Phi) is 5.65. The number of rotatable bonds is 3. The van der Waals surface area contributed by atoms with Crippen LogP contribution in [-0.2, 0) is 22.3 Å². The van der Waals surface area contributed by atoms with E-state index >= 15 is 0 Å². The van der Waals surface area contributed by atoms with Crippen molar-refractivity contribution in [3.63, 3.8) is 0 Å². The predicted molar refractivity (Wildman–Crippen MR) is 135 cm³/mol. The third kappa shape index (κ3) is 3.66. The Labute approximate surface area is 220 Å². The Balaban J connectivity index is 1.44. The van der Waals surface area contributed by atoms with E-state index in [0.29, 0.717) is 61.2 Å². The largest absolute Gasteiger partial charge is 0.508 e. The third-order valence-electron chi connectivity index (χ3n) is 8.77. The SMILES string of the molecule is Cc1c(O)cc(C[C@@]23C[C@@H](c4c5c(c(O)c(C)c4O2)O[C@@]2(C5)C[C@@H](O)C[C@H](C)O2)[C@H](C)CO3)c(C=O)c1O. The van der Waals surface area contributed by atoms with Gasteiger partial charge in [-0.15, -0.1) is 0 Å². The fourth-order valence-electron chi connectivity index (χ4n) is 6.84. The quantitative estimate of drug-likeness (QED) is 0.439. The number of carbonyl (C=O) groups excluding carboxylic acids is 1. The molecule has 0 aliphatic carbocycles. The van der Waals surface area contributed by atoms with E-state index in [1.54, 1.807) is 13.8 Å². The van der Waals surface area contributed by atoms with Crippen LogP contribution in [-0.4, -0.2) is 57.1 Å². The fraction of sp³-hybridized carbons (Fsp3) is 0.552. The zero-order chi connectivity index (χ0) is 27.1. The first-order valence-corrected chi connectivity index (χ1v) is 13.2.